The number of carbonyl (C=O) groups excluding carboxylic acids is 1. The van der Waals surface area contributed by atoms with Crippen LogP contribution < -0.4 is 15.2 Å². The van der Waals surface area contributed by atoms with Crippen molar-refractivity contribution in [2.45, 2.75) is 32.3 Å². The lowest BCUT2D eigenvalue weighted by atomic mass is 10.0. The predicted molar refractivity (Wildman–Crippen MR) is 118 cm³/mol. The molecule has 0 radical (unpaired) electrons. The minimum atomic E-state index is -1.23. The average molecular weight is 421 g/mol. The number of ether oxygens (including phenoxy) is 3. The van der Waals surface area contributed by atoms with Gasteiger partial charge in [-0.05, 0) is 35.7 Å². The first-order valence-electron chi connectivity index (χ1n) is 10.2. The minimum absolute atomic E-state index is 0.191. The summed E-state index contributed by atoms with van der Waals surface area (Å²) in [5, 5.41) is 10.6. The fourth-order valence-corrected chi connectivity index (χ4v) is 2.99. The molecule has 0 amide bonds. The van der Waals surface area contributed by atoms with Gasteiger partial charge < -0.3 is 25.1 Å². The SMILES string of the molecule is CCOC(=O)[C@@H](N)[C@@H](O)c1ccc(OCc2ccccc2)c(OCc2ccccc2)c1. The quantitative estimate of drug-likeness (QED) is 0.484. The van der Waals surface area contributed by atoms with Gasteiger partial charge in [-0.15, -0.1) is 0 Å². The van der Waals surface area contributed by atoms with Gasteiger partial charge in [0.2, 0.25) is 0 Å². The summed E-state index contributed by atoms with van der Waals surface area (Å²) < 4.78 is 16.9. The van der Waals surface area contributed by atoms with Crippen molar-refractivity contribution >= 4 is 5.97 Å². The van der Waals surface area contributed by atoms with Gasteiger partial charge in [0.1, 0.15) is 25.4 Å². The Morgan fingerprint density at radius 1 is 0.871 bits per heavy atom. The predicted octanol–water partition coefficient (Wildman–Crippen LogP) is 3.77. The number of benzene rings is 3. The van der Waals surface area contributed by atoms with Gasteiger partial charge in [-0.25, -0.2) is 0 Å². The first-order chi connectivity index (χ1) is 15.1. The van der Waals surface area contributed by atoms with Gasteiger partial charge in [-0.1, -0.05) is 66.7 Å². The van der Waals surface area contributed by atoms with E-state index < -0.39 is 18.1 Å². The van der Waals surface area contributed by atoms with Crippen molar-refractivity contribution in [3.63, 3.8) is 0 Å². The second-order valence-electron chi connectivity index (χ2n) is 6.98. The van der Waals surface area contributed by atoms with Crippen LogP contribution >= 0.6 is 0 Å². The maximum absolute atomic E-state index is 11.9. The highest BCUT2D eigenvalue weighted by atomic mass is 16.5. The largest absolute Gasteiger partial charge is 0.485 e. The normalized spacial score (nSPS) is 12.6. The van der Waals surface area contributed by atoms with Crippen LogP contribution in [-0.2, 0) is 22.7 Å². The number of aliphatic hydroxyl groups is 1. The van der Waals surface area contributed by atoms with Crippen LogP contribution in [-0.4, -0.2) is 23.7 Å². The molecule has 31 heavy (non-hydrogen) atoms. The maximum atomic E-state index is 11.9. The monoisotopic (exact) mass is 421 g/mol. The highest BCUT2D eigenvalue weighted by molar-refractivity contribution is 5.76. The summed E-state index contributed by atoms with van der Waals surface area (Å²) in [6.07, 6.45) is -1.23. The van der Waals surface area contributed by atoms with E-state index in [-0.39, 0.29) is 6.61 Å². The van der Waals surface area contributed by atoms with Crippen molar-refractivity contribution in [1.82, 2.24) is 0 Å². The van der Waals surface area contributed by atoms with Crippen LogP contribution in [0.5, 0.6) is 11.5 Å². The van der Waals surface area contributed by atoms with E-state index in [1.54, 1.807) is 25.1 Å². The lowest BCUT2D eigenvalue weighted by Crippen LogP contribution is -2.38. The molecule has 2 atom stereocenters. The molecule has 0 saturated carbocycles. The van der Waals surface area contributed by atoms with Crippen molar-refractivity contribution < 1.29 is 24.1 Å². The van der Waals surface area contributed by atoms with E-state index in [1.807, 2.05) is 60.7 Å². The summed E-state index contributed by atoms with van der Waals surface area (Å²) in [5.74, 6) is 0.319. The van der Waals surface area contributed by atoms with Gasteiger partial charge >= 0.3 is 5.97 Å². The zero-order valence-corrected chi connectivity index (χ0v) is 17.4. The van der Waals surface area contributed by atoms with E-state index in [1.165, 1.54) is 0 Å². The number of carbonyl (C=O) groups is 1. The lowest BCUT2D eigenvalue weighted by Gasteiger charge is -2.20. The Morgan fingerprint density at radius 2 is 1.42 bits per heavy atom. The van der Waals surface area contributed by atoms with E-state index in [4.69, 9.17) is 19.9 Å². The summed E-state index contributed by atoms with van der Waals surface area (Å²) in [6.45, 7) is 2.57. The van der Waals surface area contributed by atoms with Gasteiger partial charge in [0.25, 0.3) is 0 Å². The molecule has 3 aromatic carbocycles. The van der Waals surface area contributed by atoms with E-state index in [0.717, 1.165) is 11.1 Å². The average Bonchev–Trinajstić information content (AvgIpc) is 2.82. The van der Waals surface area contributed by atoms with Crippen LogP contribution in [0.2, 0.25) is 0 Å². The van der Waals surface area contributed by atoms with Crippen molar-refractivity contribution in [2.75, 3.05) is 6.61 Å². The third kappa shape index (κ3) is 6.31. The molecule has 3 N–H and O–H groups in total. The minimum Gasteiger partial charge on any atom is -0.485 e. The molecule has 0 heterocycles. The second kappa shape index (κ2) is 11.2. The van der Waals surface area contributed by atoms with Crippen LogP contribution in [0, 0.1) is 0 Å². The molecule has 6 heteroatoms. The topological polar surface area (TPSA) is 91.0 Å². The molecule has 0 bridgehead atoms. The number of hydrogen-bond acceptors (Lipinski definition) is 6. The smallest absolute Gasteiger partial charge is 0.325 e. The molecular weight excluding hydrogens is 394 g/mol. The molecule has 3 rings (SSSR count). The summed E-state index contributed by atoms with van der Waals surface area (Å²) in [6, 6.07) is 23.3. The molecule has 0 spiro atoms. The van der Waals surface area contributed by atoms with Crippen LogP contribution in [0.1, 0.15) is 29.7 Å². The zero-order valence-electron chi connectivity index (χ0n) is 17.4. The molecular formula is C25H27NO5. The Balaban J connectivity index is 1.80. The van der Waals surface area contributed by atoms with Crippen molar-refractivity contribution in [2.24, 2.45) is 5.73 Å². The van der Waals surface area contributed by atoms with Gasteiger partial charge in [-0.2, -0.15) is 0 Å². The standard InChI is InChI=1S/C25H27NO5/c1-2-29-25(28)23(26)24(27)20-13-14-21(30-16-18-9-5-3-6-10-18)22(15-20)31-17-19-11-7-4-8-12-19/h3-15,23-24,27H,2,16-17,26H2,1H3/t23-,24-/m0/s1. The van der Waals surface area contributed by atoms with Crippen LogP contribution in [0.3, 0.4) is 0 Å². The fraction of sp³-hybridized carbons (Fsp3) is 0.240. The maximum Gasteiger partial charge on any atom is 0.325 e. The first kappa shape index (κ1) is 22.3. The third-order valence-electron chi connectivity index (χ3n) is 4.68. The number of nitrogens with two attached hydrogens (primary N) is 1. The molecule has 0 aliphatic heterocycles. The molecule has 0 saturated heterocycles. The molecule has 0 aliphatic rings. The summed E-state index contributed by atoms with van der Waals surface area (Å²) >= 11 is 0. The third-order valence-corrected chi connectivity index (χ3v) is 4.68. The van der Waals surface area contributed by atoms with Crippen molar-refractivity contribution in [3.05, 3.63) is 95.6 Å². The van der Waals surface area contributed by atoms with Crippen LogP contribution in [0.15, 0.2) is 78.9 Å². The molecule has 6 nitrogen and oxygen atoms in total. The first-order valence-corrected chi connectivity index (χ1v) is 10.2. The Morgan fingerprint density at radius 3 is 1.97 bits per heavy atom. The van der Waals surface area contributed by atoms with E-state index in [2.05, 4.69) is 0 Å². The number of aliphatic hydroxyl groups excluding tert-OH is 1. The number of hydrogen-bond donors (Lipinski definition) is 2. The second-order valence-corrected chi connectivity index (χ2v) is 6.98. The highest BCUT2D eigenvalue weighted by Crippen LogP contribution is 2.33. The van der Waals surface area contributed by atoms with Crippen molar-refractivity contribution in [3.8, 4) is 11.5 Å². The van der Waals surface area contributed by atoms with E-state index in [0.29, 0.717) is 30.3 Å². The summed E-state index contributed by atoms with van der Waals surface area (Å²) in [7, 11) is 0. The molecule has 0 fully saturated rings. The molecule has 0 unspecified atom stereocenters. The van der Waals surface area contributed by atoms with Crippen molar-refractivity contribution in [1.29, 1.82) is 0 Å². The Labute approximate surface area is 182 Å². The number of rotatable bonds is 10. The number of esters is 1. The van der Waals surface area contributed by atoms with E-state index >= 15 is 0 Å². The summed E-state index contributed by atoms with van der Waals surface area (Å²) in [5.41, 5.74) is 8.32. The summed E-state index contributed by atoms with van der Waals surface area (Å²) in [4.78, 5) is 11.9. The molecule has 162 valence electrons. The van der Waals surface area contributed by atoms with Gasteiger partial charge in [-0.3, -0.25) is 4.79 Å². The molecule has 3 aromatic rings. The van der Waals surface area contributed by atoms with Crippen LogP contribution in [0.25, 0.3) is 0 Å². The van der Waals surface area contributed by atoms with Gasteiger partial charge in [0.15, 0.2) is 11.5 Å². The van der Waals surface area contributed by atoms with Gasteiger partial charge in [0, 0.05) is 0 Å². The Hall–Kier alpha value is -3.35. The highest BCUT2D eigenvalue weighted by Gasteiger charge is 2.26. The Kier molecular flexibility index (Phi) is 8.04. The van der Waals surface area contributed by atoms with E-state index in [9.17, 15) is 9.90 Å². The lowest BCUT2D eigenvalue weighted by molar-refractivity contribution is -0.147. The molecule has 0 aromatic heterocycles. The molecule has 0 aliphatic carbocycles. The fourth-order valence-electron chi connectivity index (χ4n) is 2.99. The zero-order chi connectivity index (χ0) is 22.1. The van der Waals surface area contributed by atoms with Crippen LogP contribution in [0.4, 0.5) is 0 Å². The Bertz CT molecular complexity index is 962. The van der Waals surface area contributed by atoms with Gasteiger partial charge in [0.05, 0.1) is 6.61 Å².